The van der Waals surface area contributed by atoms with E-state index in [4.69, 9.17) is 0 Å². The van der Waals surface area contributed by atoms with Crippen molar-refractivity contribution in [2.75, 3.05) is 10.8 Å². The first-order chi connectivity index (χ1) is 24.8. The lowest BCUT2D eigenvalue weighted by Crippen LogP contribution is -2.50. The van der Waals surface area contributed by atoms with E-state index in [-0.39, 0.29) is 35.6 Å². The highest BCUT2D eigenvalue weighted by atomic mass is 32.2. The number of nitrogens with zero attached hydrogens (tertiary/aromatic N) is 4. The second-order valence-electron chi connectivity index (χ2n) is 12.5. The number of aryl methyl sites for hydroxylation is 5. The van der Waals surface area contributed by atoms with Crippen LogP contribution in [0.3, 0.4) is 0 Å². The zero-order valence-corrected chi connectivity index (χ0v) is 29.1. The van der Waals surface area contributed by atoms with Crippen LogP contribution in [-0.4, -0.2) is 57.9 Å². The number of imidazole rings is 1. The van der Waals surface area contributed by atoms with Gasteiger partial charge in [0.25, 0.3) is 17.2 Å². The molecule has 12 nitrogen and oxygen atoms in total. The number of pyridine rings is 2. The van der Waals surface area contributed by atoms with E-state index in [2.05, 4.69) is 20.3 Å². The van der Waals surface area contributed by atoms with Crippen molar-refractivity contribution in [3.8, 4) is 0 Å². The number of nitrogens with one attached hydrogen (secondary N) is 2. The van der Waals surface area contributed by atoms with Crippen LogP contribution in [0.5, 0.6) is 0 Å². The van der Waals surface area contributed by atoms with Crippen LogP contribution in [0.2, 0.25) is 0 Å². The van der Waals surface area contributed by atoms with Crippen molar-refractivity contribution in [2.45, 2.75) is 46.2 Å². The third kappa shape index (κ3) is 7.18. The number of fused-ring (bicyclic) bond motifs is 2. The first-order valence-electron chi connectivity index (χ1n) is 16.2. The average molecular weight is 729 g/mol. The predicted molar refractivity (Wildman–Crippen MR) is 193 cm³/mol. The van der Waals surface area contributed by atoms with Gasteiger partial charge in [-0.1, -0.05) is 48.0 Å². The Balaban J connectivity index is 1.39. The fourth-order valence-corrected chi connectivity index (χ4v) is 7.31. The van der Waals surface area contributed by atoms with Gasteiger partial charge in [0, 0.05) is 30.9 Å². The molecule has 2 unspecified atom stereocenters. The van der Waals surface area contributed by atoms with Crippen LogP contribution in [0.25, 0.3) is 22.1 Å². The Kier molecular flexibility index (Phi) is 10.3. The molecule has 0 bridgehead atoms. The molecule has 0 aliphatic heterocycles. The van der Waals surface area contributed by atoms with E-state index >= 15 is 8.78 Å². The van der Waals surface area contributed by atoms with Crippen molar-refractivity contribution in [3.63, 3.8) is 0 Å². The third-order valence-electron chi connectivity index (χ3n) is 8.78. The Labute approximate surface area is 298 Å². The van der Waals surface area contributed by atoms with Crippen molar-refractivity contribution in [2.24, 2.45) is 0 Å². The average Bonchev–Trinajstić information content (AvgIpc) is 3.51. The van der Waals surface area contributed by atoms with Gasteiger partial charge in [-0.15, -0.1) is 0 Å². The van der Waals surface area contributed by atoms with Gasteiger partial charge in [-0.3, -0.25) is 18.4 Å². The summed E-state index contributed by atoms with van der Waals surface area (Å²) in [5, 5.41) is 12.1. The molecule has 4 N–H and O–H groups in total. The highest BCUT2D eigenvalue weighted by Gasteiger charge is 2.33. The monoisotopic (exact) mass is 728 g/mol. The van der Waals surface area contributed by atoms with Gasteiger partial charge in [0.1, 0.15) is 17.2 Å². The number of hydrogen-bond donors (Lipinski definition) is 4. The van der Waals surface area contributed by atoms with Gasteiger partial charge in [-0.2, -0.15) is 0 Å². The van der Waals surface area contributed by atoms with Gasteiger partial charge in [-0.05, 0) is 62.1 Å². The zero-order valence-electron chi connectivity index (χ0n) is 28.3. The van der Waals surface area contributed by atoms with Crippen LogP contribution >= 0.6 is 0 Å². The quantitative estimate of drug-likeness (QED) is 0.126. The van der Waals surface area contributed by atoms with Crippen molar-refractivity contribution in [3.05, 3.63) is 134 Å². The number of halogens is 2. The number of rotatable bonds is 12. The number of H-pyrrole nitrogens is 1. The van der Waals surface area contributed by atoms with Gasteiger partial charge < -0.3 is 20.0 Å². The summed E-state index contributed by atoms with van der Waals surface area (Å²) in [4.78, 5) is 51.4. The van der Waals surface area contributed by atoms with Crippen LogP contribution in [0.15, 0.2) is 77.9 Å². The lowest BCUT2D eigenvalue weighted by molar-refractivity contribution is -0.138. The topological polar surface area (TPSA) is 171 Å². The highest BCUT2D eigenvalue weighted by Crippen LogP contribution is 2.30. The van der Waals surface area contributed by atoms with Gasteiger partial charge in [0.05, 0.1) is 28.7 Å². The minimum Gasteiger partial charge on any atom is -0.480 e. The number of amides is 1. The second kappa shape index (κ2) is 14.8. The Morgan fingerprint density at radius 1 is 1.06 bits per heavy atom. The molecule has 15 heteroatoms. The first-order valence-corrected chi connectivity index (χ1v) is 17.3. The predicted octanol–water partition coefficient (Wildman–Crippen LogP) is 5.14. The number of aromatic amines is 1. The molecule has 3 aromatic carbocycles. The summed E-state index contributed by atoms with van der Waals surface area (Å²) in [6, 6.07) is 15.2. The van der Waals surface area contributed by atoms with E-state index in [1.165, 1.54) is 4.57 Å². The smallest absolute Gasteiger partial charge is 0.329 e. The zero-order chi connectivity index (χ0) is 37.3. The second-order valence-corrected chi connectivity index (χ2v) is 13.3. The van der Waals surface area contributed by atoms with Crippen LogP contribution in [0.1, 0.15) is 44.0 Å². The number of carboxylic acid groups (broad SMARTS) is 1. The number of aliphatic carboxylic acids is 1. The normalized spacial score (nSPS) is 12.6. The van der Waals surface area contributed by atoms with Gasteiger partial charge in [0.15, 0.2) is 17.5 Å². The summed E-state index contributed by atoms with van der Waals surface area (Å²) in [5.41, 5.74) is 1.90. The molecular weight excluding hydrogens is 695 g/mol. The first kappa shape index (κ1) is 36.0. The molecule has 1 amide bonds. The van der Waals surface area contributed by atoms with Crippen LogP contribution in [0.4, 0.5) is 14.5 Å². The van der Waals surface area contributed by atoms with E-state index < -0.39 is 63.7 Å². The molecule has 0 aliphatic carbocycles. The summed E-state index contributed by atoms with van der Waals surface area (Å²) in [6.45, 7) is 4.54. The summed E-state index contributed by atoms with van der Waals surface area (Å²) < 4.78 is 57.1. The standard InChI is InChI=1S/C37H34F2N6O6S/c1-20-14-21(2)32(22(3)15-20)45(52(50)51)29(37(48)49)18-41-36(47)26-19-44(13-11-23-8-5-4-6-9-23)33-25(34(26)46)16-27(38)24(31(33)39)17-30-42-28-10-7-12-40-35(28)43-30/h4-10,12,14-16,19,29H,11,13,17-18H2,1-3H3,(H,41,47)(H,48,49)(H,50,51)(H,40,42,43). The highest BCUT2D eigenvalue weighted by molar-refractivity contribution is 7.80. The van der Waals surface area contributed by atoms with Crippen LogP contribution in [0, 0.1) is 32.4 Å². The van der Waals surface area contributed by atoms with E-state index in [0.717, 1.165) is 27.7 Å². The summed E-state index contributed by atoms with van der Waals surface area (Å²) in [7, 11) is 0. The molecule has 0 saturated heterocycles. The number of carbonyl (C=O) groups is 2. The maximum absolute atomic E-state index is 16.4. The largest absolute Gasteiger partial charge is 0.480 e. The molecule has 0 saturated carbocycles. The van der Waals surface area contributed by atoms with Crippen LogP contribution < -0.4 is 15.1 Å². The Hall–Kier alpha value is -5.80. The number of anilines is 1. The van der Waals surface area contributed by atoms with E-state index in [1.807, 2.05) is 37.3 Å². The lowest BCUT2D eigenvalue weighted by Gasteiger charge is -2.30. The maximum Gasteiger partial charge on any atom is 0.329 e. The minimum absolute atomic E-state index is 0.0820. The molecule has 52 heavy (non-hydrogen) atoms. The molecule has 268 valence electrons. The summed E-state index contributed by atoms with van der Waals surface area (Å²) in [5.74, 6) is -4.33. The molecule has 2 atom stereocenters. The van der Waals surface area contributed by atoms with Crippen LogP contribution in [-0.2, 0) is 35.4 Å². The fraction of sp³-hybridized carbons (Fsp3) is 0.216. The van der Waals surface area contributed by atoms with Gasteiger partial charge in [0.2, 0.25) is 5.43 Å². The van der Waals surface area contributed by atoms with Crippen molar-refractivity contribution < 1.29 is 32.2 Å². The van der Waals surface area contributed by atoms with E-state index in [0.29, 0.717) is 28.7 Å². The minimum atomic E-state index is -2.82. The van der Waals surface area contributed by atoms with Crippen molar-refractivity contribution in [1.29, 1.82) is 0 Å². The molecular formula is C37H34F2N6O6S. The van der Waals surface area contributed by atoms with Crippen molar-refractivity contribution in [1.82, 2.24) is 24.8 Å². The molecule has 6 aromatic rings. The third-order valence-corrected chi connectivity index (χ3v) is 9.55. The SMILES string of the molecule is Cc1cc(C)c(N(C(CNC(=O)c2cn(CCc3ccccc3)c3c(F)c(Cc4nc5ncccc5[nH]4)c(F)cc3c2=O)C(=O)O)S(=O)O)c(C)c1. The van der Waals surface area contributed by atoms with Gasteiger partial charge in [-0.25, -0.2) is 27.8 Å². The molecule has 0 fully saturated rings. The van der Waals surface area contributed by atoms with E-state index in [1.54, 1.807) is 44.3 Å². The molecule has 3 aromatic heterocycles. The Bertz CT molecular complexity index is 2380. The molecule has 0 aliphatic rings. The lowest BCUT2D eigenvalue weighted by atomic mass is 10.0. The maximum atomic E-state index is 16.4. The molecule has 3 heterocycles. The summed E-state index contributed by atoms with van der Waals surface area (Å²) >= 11 is -2.82. The number of hydrogen-bond acceptors (Lipinski definition) is 6. The fourth-order valence-electron chi connectivity index (χ4n) is 6.48. The Morgan fingerprint density at radius 2 is 1.77 bits per heavy atom. The van der Waals surface area contributed by atoms with Crippen molar-refractivity contribution >= 4 is 50.9 Å². The number of carbonyl (C=O) groups excluding carboxylic acids is 1. The summed E-state index contributed by atoms with van der Waals surface area (Å²) in [6.07, 6.45) is 2.78. The Morgan fingerprint density at radius 3 is 2.42 bits per heavy atom. The van der Waals surface area contributed by atoms with Gasteiger partial charge >= 0.3 is 5.97 Å². The molecule has 0 spiro atoms. The number of benzene rings is 3. The number of aromatic nitrogens is 4. The van der Waals surface area contributed by atoms with E-state index in [9.17, 15) is 28.3 Å². The molecule has 6 rings (SSSR count). The number of carboxylic acids is 1. The molecule has 0 radical (unpaired) electrons.